The van der Waals surface area contributed by atoms with E-state index in [4.69, 9.17) is 53.4 Å². The first-order valence-electron chi connectivity index (χ1n) is 9.13. The molecule has 1 N–H and O–H groups in total. The minimum atomic E-state index is -2.14. The standard InChI is InChI=1S/C18H30Cl3NO5Si/c1-9-17(22-14(23)18(19,20)21)11(10-24-28(7,8)15(2,3)4)25-13-12(17)26-16(5,6)27-13/h9,11-13H,1,10H2,2-8H3,(H,22,23)/t11-,12+,13-,17+/m1/s1. The Morgan fingerprint density at radius 2 is 1.82 bits per heavy atom. The van der Waals surface area contributed by atoms with Crippen molar-refractivity contribution in [1.82, 2.24) is 5.32 Å². The molecule has 0 aliphatic carbocycles. The van der Waals surface area contributed by atoms with Gasteiger partial charge in [0.2, 0.25) is 0 Å². The van der Waals surface area contributed by atoms with Crippen LogP contribution in [0, 0.1) is 0 Å². The van der Waals surface area contributed by atoms with Crippen molar-refractivity contribution in [3.05, 3.63) is 12.7 Å². The summed E-state index contributed by atoms with van der Waals surface area (Å²) in [5.41, 5.74) is -1.18. The summed E-state index contributed by atoms with van der Waals surface area (Å²) in [5, 5.41) is 2.78. The molecule has 0 spiro atoms. The number of ether oxygens (including phenoxy) is 3. The van der Waals surface area contributed by atoms with E-state index in [0.717, 1.165) is 0 Å². The Morgan fingerprint density at radius 3 is 2.29 bits per heavy atom. The third kappa shape index (κ3) is 4.72. The monoisotopic (exact) mass is 473 g/mol. The van der Waals surface area contributed by atoms with Crippen LogP contribution < -0.4 is 5.32 Å². The molecule has 2 aliphatic heterocycles. The number of halogens is 3. The van der Waals surface area contributed by atoms with Crippen LogP contribution in [-0.2, 0) is 23.4 Å². The summed E-state index contributed by atoms with van der Waals surface area (Å²) in [5.74, 6) is -1.69. The fourth-order valence-electron chi connectivity index (χ4n) is 3.01. The average Bonchev–Trinajstić information content (AvgIpc) is 2.94. The van der Waals surface area contributed by atoms with Gasteiger partial charge in [0.15, 0.2) is 20.4 Å². The molecular weight excluding hydrogens is 445 g/mol. The predicted molar refractivity (Wildman–Crippen MR) is 113 cm³/mol. The van der Waals surface area contributed by atoms with Crippen molar-refractivity contribution in [3.8, 4) is 0 Å². The zero-order valence-corrected chi connectivity index (χ0v) is 20.7. The highest BCUT2D eigenvalue weighted by atomic mass is 35.6. The van der Waals surface area contributed by atoms with E-state index in [1.807, 2.05) is 0 Å². The van der Waals surface area contributed by atoms with E-state index >= 15 is 0 Å². The first-order chi connectivity index (χ1) is 12.5. The van der Waals surface area contributed by atoms with Crippen LogP contribution in [0.4, 0.5) is 0 Å². The lowest BCUT2D eigenvalue weighted by atomic mass is 9.88. The lowest BCUT2D eigenvalue weighted by Gasteiger charge is -2.40. The fraction of sp³-hybridized carbons (Fsp3) is 0.833. The molecule has 6 nitrogen and oxygen atoms in total. The van der Waals surface area contributed by atoms with Crippen molar-refractivity contribution in [1.29, 1.82) is 0 Å². The van der Waals surface area contributed by atoms with Gasteiger partial charge in [-0.25, -0.2) is 0 Å². The zero-order valence-electron chi connectivity index (χ0n) is 17.4. The summed E-state index contributed by atoms with van der Waals surface area (Å²) in [6, 6.07) is 0. The molecule has 0 aromatic rings. The molecule has 0 aromatic heterocycles. The Morgan fingerprint density at radius 1 is 1.25 bits per heavy atom. The summed E-state index contributed by atoms with van der Waals surface area (Å²) in [7, 11) is -2.08. The summed E-state index contributed by atoms with van der Waals surface area (Å²) in [6.45, 7) is 18.3. The van der Waals surface area contributed by atoms with Gasteiger partial charge >= 0.3 is 0 Å². The summed E-state index contributed by atoms with van der Waals surface area (Å²) in [6.07, 6.45) is -0.446. The van der Waals surface area contributed by atoms with Gasteiger partial charge in [-0.2, -0.15) is 0 Å². The van der Waals surface area contributed by atoms with Crippen molar-refractivity contribution in [2.75, 3.05) is 6.61 Å². The second-order valence-corrected chi connectivity index (χ2v) is 16.3. The van der Waals surface area contributed by atoms with Crippen molar-refractivity contribution in [3.63, 3.8) is 0 Å². The van der Waals surface area contributed by atoms with Gasteiger partial charge in [-0.05, 0) is 32.0 Å². The smallest absolute Gasteiger partial charge is 0.273 e. The Balaban J connectivity index is 2.33. The van der Waals surface area contributed by atoms with Crippen LogP contribution >= 0.6 is 34.8 Å². The predicted octanol–water partition coefficient (Wildman–Crippen LogP) is 4.30. The maximum Gasteiger partial charge on any atom is 0.273 e. The van der Waals surface area contributed by atoms with Crippen LogP contribution in [0.2, 0.25) is 18.1 Å². The van der Waals surface area contributed by atoms with Crippen LogP contribution in [-0.4, -0.2) is 54.4 Å². The Hall–Kier alpha value is 0.137. The minimum absolute atomic E-state index is 0.00806. The van der Waals surface area contributed by atoms with E-state index in [0.29, 0.717) is 0 Å². The fourth-order valence-corrected chi connectivity index (χ4v) is 4.15. The molecule has 2 fully saturated rings. The number of nitrogens with one attached hydrogen (secondary N) is 1. The van der Waals surface area contributed by atoms with E-state index in [1.165, 1.54) is 0 Å². The van der Waals surface area contributed by atoms with Gasteiger partial charge in [0, 0.05) is 0 Å². The number of carbonyl (C=O) groups is 1. The van der Waals surface area contributed by atoms with Crippen molar-refractivity contribution >= 4 is 49.0 Å². The van der Waals surface area contributed by atoms with E-state index in [-0.39, 0.29) is 11.6 Å². The molecular formula is C18H30Cl3NO5Si. The van der Waals surface area contributed by atoms with Crippen LogP contribution in [0.3, 0.4) is 0 Å². The second kappa shape index (κ2) is 7.68. The van der Waals surface area contributed by atoms with Crippen LogP contribution in [0.15, 0.2) is 12.7 Å². The lowest BCUT2D eigenvalue weighted by molar-refractivity contribution is -0.214. The molecule has 0 saturated carbocycles. The van der Waals surface area contributed by atoms with Crippen molar-refractivity contribution < 1.29 is 23.4 Å². The summed E-state index contributed by atoms with van der Waals surface area (Å²) in [4.78, 5) is 12.5. The normalized spacial score (nSPS) is 32.9. The van der Waals surface area contributed by atoms with Crippen LogP contribution in [0.1, 0.15) is 34.6 Å². The van der Waals surface area contributed by atoms with Gasteiger partial charge in [0.25, 0.3) is 9.70 Å². The van der Waals surface area contributed by atoms with Crippen LogP contribution in [0.25, 0.3) is 0 Å². The Bertz CT molecular complexity index is 632. The van der Waals surface area contributed by atoms with Gasteiger partial charge in [-0.1, -0.05) is 61.7 Å². The molecule has 2 saturated heterocycles. The highest BCUT2D eigenvalue weighted by Crippen LogP contribution is 2.45. The third-order valence-corrected chi connectivity index (χ3v) is 10.7. The molecule has 2 aliphatic rings. The number of carbonyl (C=O) groups excluding carboxylic acids is 1. The number of fused-ring (bicyclic) bond motifs is 1. The lowest BCUT2D eigenvalue weighted by Crippen LogP contribution is -2.63. The molecule has 10 heteroatoms. The molecule has 2 heterocycles. The van der Waals surface area contributed by atoms with Crippen molar-refractivity contribution in [2.45, 2.75) is 86.4 Å². The molecule has 0 radical (unpaired) electrons. The Labute approximate surface area is 183 Å². The maximum absolute atomic E-state index is 12.5. The largest absolute Gasteiger partial charge is 0.414 e. The van der Waals surface area contributed by atoms with Gasteiger partial charge in [-0.15, -0.1) is 6.58 Å². The molecule has 2 rings (SSSR count). The zero-order chi connectivity index (χ0) is 21.8. The highest BCUT2D eigenvalue weighted by Gasteiger charge is 2.64. The highest BCUT2D eigenvalue weighted by molar-refractivity contribution is 6.76. The average molecular weight is 475 g/mol. The van der Waals surface area contributed by atoms with E-state index in [9.17, 15) is 4.79 Å². The van der Waals surface area contributed by atoms with E-state index in [2.05, 4.69) is 45.8 Å². The molecule has 28 heavy (non-hydrogen) atoms. The quantitative estimate of drug-likeness (QED) is 0.366. The van der Waals surface area contributed by atoms with E-state index in [1.54, 1.807) is 19.9 Å². The molecule has 162 valence electrons. The number of alkyl halides is 3. The topological polar surface area (TPSA) is 66.0 Å². The molecule has 1 amide bonds. The summed E-state index contributed by atoms with van der Waals surface area (Å²) < 4.78 is 22.1. The maximum atomic E-state index is 12.5. The second-order valence-electron chi connectivity index (χ2n) is 9.21. The van der Waals surface area contributed by atoms with Gasteiger partial charge in [-0.3, -0.25) is 4.79 Å². The number of hydrogen-bond acceptors (Lipinski definition) is 5. The van der Waals surface area contributed by atoms with E-state index < -0.39 is 47.8 Å². The number of amides is 1. The molecule has 0 bridgehead atoms. The minimum Gasteiger partial charge on any atom is -0.414 e. The van der Waals surface area contributed by atoms with Crippen molar-refractivity contribution in [2.24, 2.45) is 0 Å². The first-order valence-corrected chi connectivity index (χ1v) is 13.2. The summed E-state index contributed by atoms with van der Waals surface area (Å²) >= 11 is 17.4. The third-order valence-electron chi connectivity index (χ3n) is 5.69. The SMILES string of the molecule is C=C[C@]1(NC(=O)C(Cl)(Cl)Cl)[C@@H](CO[Si](C)(C)C(C)(C)C)O[C@@H]2OC(C)(C)O[C@@H]21. The molecule has 0 aromatic carbocycles. The van der Waals surface area contributed by atoms with Gasteiger partial charge in [0.05, 0.1) is 6.61 Å². The number of rotatable bonds is 5. The van der Waals surface area contributed by atoms with Gasteiger partial charge in [0.1, 0.15) is 17.7 Å². The Kier molecular flexibility index (Phi) is 6.69. The molecule has 0 unspecified atom stereocenters. The first kappa shape index (κ1) is 24.4. The van der Waals surface area contributed by atoms with Gasteiger partial charge < -0.3 is 24.0 Å². The van der Waals surface area contributed by atoms with Crippen LogP contribution in [0.5, 0.6) is 0 Å². The molecule has 4 atom stereocenters. The number of hydrogen-bond donors (Lipinski definition) is 1.